The Morgan fingerprint density at radius 2 is 1.91 bits per heavy atom. The lowest BCUT2D eigenvalue weighted by Crippen LogP contribution is -2.41. The third-order valence-corrected chi connectivity index (χ3v) is 6.18. The summed E-state index contributed by atoms with van der Waals surface area (Å²) in [6.07, 6.45) is 1.35. The second-order valence-electron chi connectivity index (χ2n) is 8.05. The van der Waals surface area contributed by atoms with Crippen LogP contribution in [0.25, 0.3) is 0 Å². The van der Waals surface area contributed by atoms with Gasteiger partial charge in [-0.3, -0.25) is 24.6 Å². The van der Waals surface area contributed by atoms with Gasteiger partial charge in [-0.25, -0.2) is 0 Å². The summed E-state index contributed by atoms with van der Waals surface area (Å²) in [5.74, 6) is 0.391. The molecule has 0 N–H and O–H groups in total. The van der Waals surface area contributed by atoms with Gasteiger partial charge in [-0.15, -0.1) is 0 Å². The molecule has 1 aliphatic carbocycles. The van der Waals surface area contributed by atoms with E-state index in [-0.39, 0.29) is 29.5 Å². The molecular weight excluding hydrogens is 440 g/mol. The lowest BCUT2D eigenvalue weighted by Gasteiger charge is -2.38. The Bertz CT molecular complexity index is 1190. The normalized spacial score (nSPS) is 18.0. The number of ether oxygens (including phenoxy) is 3. The highest BCUT2D eigenvalue weighted by Crippen LogP contribution is 2.48. The summed E-state index contributed by atoms with van der Waals surface area (Å²) in [5.41, 5.74) is 1.58. The number of Topliss-reactive ketones (excluding diaryl/α,β-unsaturated/α-hetero) is 1. The number of methoxy groups -OCH3 is 2. The van der Waals surface area contributed by atoms with Crippen molar-refractivity contribution >= 4 is 23.1 Å². The van der Waals surface area contributed by atoms with Crippen LogP contribution >= 0.6 is 0 Å². The maximum Gasteiger partial charge on any atom is 0.297 e. The number of benzene rings is 2. The molecule has 1 amide bonds. The molecule has 1 unspecified atom stereocenters. The highest BCUT2D eigenvalue weighted by Gasteiger charge is 2.42. The van der Waals surface area contributed by atoms with Crippen molar-refractivity contribution in [3.05, 3.63) is 63.3 Å². The number of hydrogen-bond donors (Lipinski definition) is 0. The maximum absolute atomic E-state index is 13.5. The van der Waals surface area contributed by atoms with Crippen LogP contribution in [0.3, 0.4) is 0 Å². The minimum Gasteiger partial charge on any atom is -0.494 e. The number of allylic oxidation sites excluding steroid dienone is 2. The number of amides is 1. The molecule has 178 valence electrons. The van der Waals surface area contributed by atoms with Crippen molar-refractivity contribution in [1.29, 1.82) is 0 Å². The van der Waals surface area contributed by atoms with Gasteiger partial charge in [-0.1, -0.05) is 12.1 Å². The number of nitrogens with zero attached hydrogens (tertiary/aromatic N) is 2. The van der Waals surface area contributed by atoms with E-state index in [0.29, 0.717) is 60.0 Å². The van der Waals surface area contributed by atoms with E-state index < -0.39 is 10.8 Å². The summed E-state index contributed by atoms with van der Waals surface area (Å²) in [7, 11) is 3.04. The number of nitro groups is 1. The van der Waals surface area contributed by atoms with Gasteiger partial charge in [0.05, 0.1) is 31.8 Å². The molecule has 0 saturated carbocycles. The number of hydrogen-bond acceptors (Lipinski definition) is 7. The number of rotatable bonds is 7. The Morgan fingerprint density at radius 3 is 2.59 bits per heavy atom. The molecule has 2 aromatic carbocycles. The van der Waals surface area contributed by atoms with Crippen molar-refractivity contribution in [2.24, 2.45) is 0 Å². The Hall–Kier alpha value is -3.88. The summed E-state index contributed by atoms with van der Waals surface area (Å²) in [6.45, 7) is 2.14. The van der Waals surface area contributed by atoms with Crippen LogP contribution in [0.2, 0.25) is 0 Å². The quantitative estimate of drug-likeness (QED) is 0.435. The Kier molecular flexibility index (Phi) is 6.54. The van der Waals surface area contributed by atoms with Gasteiger partial charge in [0.2, 0.25) is 5.91 Å². The van der Waals surface area contributed by atoms with Gasteiger partial charge in [0.25, 0.3) is 5.69 Å². The minimum atomic E-state index is -0.535. The fourth-order valence-electron chi connectivity index (χ4n) is 4.82. The monoisotopic (exact) mass is 466 g/mol. The second kappa shape index (κ2) is 9.54. The predicted molar refractivity (Wildman–Crippen MR) is 125 cm³/mol. The fourth-order valence-corrected chi connectivity index (χ4v) is 4.82. The molecule has 9 heteroatoms. The highest BCUT2D eigenvalue weighted by molar-refractivity contribution is 6.08. The molecule has 4 rings (SSSR count). The number of carbonyl (C=O) groups is 2. The third-order valence-electron chi connectivity index (χ3n) is 6.18. The smallest absolute Gasteiger partial charge is 0.297 e. The number of ketones is 1. The summed E-state index contributed by atoms with van der Waals surface area (Å²) in [4.78, 5) is 39.4. The molecule has 0 aromatic heterocycles. The first-order valence-electron chi connectivity index (χ1n) is 11.1. The van der Waals surface area contributed by atoms with Crippen molar-refractivity contribution < 1.29 is 28.7 Å². The van der Waals surface area contributed by atoms with E-state index in [1.165, 1.54) is 31.3 Å². The number of para-hydroxylation sites is 1. The highest BCUT2D eigenvalue weighted by atomic mass is 16.6. The van der Waals surface area contributed by atoms with E-state index in [0.717, 1.165) is 0 Å². The fraction of sp³-hybridized carbons (Fsp3) is 0.360. The van der Waals surface area contributed by atoms with Crippen LogP contribution in [0.1, 0.15) is 44.1 Å². The molecular formula is C25H26N2O7. The Morgan fingerprint density at radius 1 is 1.12 bits per heavy atom. The number of anilines is 1. The summed E-state index contributed by atoms with van der Waals surface area (Å²) in [6, 6.07) is 9.78. The molecule has 9 nitrogen and oxygen atoms in total. The van der Waals surface area contributed by atoms with E-state index >= 15 is 0 Å². The molecule has 2 aliphatic rings. The summed E-state index contributed by atoms with van der Waals surface area (Å²) in [5, 5.41) is 11.9. The minimum absolute atomic E-state index is 0.0293. The van der Waals surface area contributed by atoms with Crippen LogP contribution in [0.5, 0.6) is 17.2 Å². The molecule has 0 saturated heterocycles. The van der Waals surface area contributed by atoms with Gasteiger partial charge >= 0.3 is 0 Å². The van der Waals surface area contributed by atoms with Crippen LogP contribution in [0.15, 0.2) is 47.7 Å². The molecule has 0 fully saturated rings. The van der Waals surface area contributed by atoms with Crippen molar-refractivity contribution in [2.75, 3.05) is 25.7 Å². The van der Waals surface area contributed by atoms with Gasteiger partial charge in [0, 0.05) is 35.6 Å². The van der Waals surface area contributed by atoms with Crippen molar-refractivity contribution in [3.8, 4) is 17.2 Å². The molecule has 1 aliphatic heterocycles. The van der Waals surface area contributed by atoms with Crippen LogP contribution in [0.4, 0.5) is 11.4 Å². The second-order valence-corrected chi connectivity index (χ2v) is 8.05. The molecule has 1 atom stereocenters. The standard InChI is InChI=1S/C25H26N2O7/c1-4-34-15-11-12-18(20(13-15)27(30)31)26-19-8-6-9-21(28)24(19)17(14-23(26)29)16-7-5-10-22(32-2)25(16)33-3/h5,7,10-13,17H,4,6,8-9,14H2,1-3H3. The third kappa shape index (κ3) is 3.98. The summed E-state index contributed by atoms with van der Waals surface area (Å²) < 4.78 is 16.4. The molecule has 1 heterocycles. The average Bonchev–Trinajstić information content (AvgIpc) is 2.83. The predicted octanol–water partition coefficient (Wildman–Crippen LogP) is 4.54. The maximum atomic E-state index is 13.5. The average molecular weight is 466 g/mol. The molecule has 2 aromatic rings. The lowest BCUT2D eigenvalue weighted by molar-refractivity contribution is -0.384. The van der Waals surface area contributed by atoms with E-state index in [1.807, 2.05) is 6.07 Å². The number of carbonyl (C=O) groups excluding carboxylic acids is 2. The zero-order chi connectivity index (χ0) is 24.4. The van der Waals surface area contributed by atoms with Gasteiger partial charge < -0.3 is 14.2 Å². The first kappa shape index (κ1) is 23.3. The largest absolute Gasteiger partial charge is 0.494 e. The summed E-state index contributed by atoms with van der Waals surface area (Å²) >= 11 is 0. The Labute approximate surface area is 197 Å². The van der Waals surface area contributed by atoms with Crippen molar-refractivity contribution in [3.63, 3.8) is 0 Å². The molecule has 34 heavy (non-hydrogen) atoms. The first-order valence-corrected chi connectivity index (χ1v) is 11.1. The van der Waals surface area contributed by atoms with Gasteiger partial charge in [-0.05, 0) is 38.0 Å². The molecule has 0 spiro atoms. The van der Waals surface area contributed by atoms with E-state index in [2.05, 4.69) is 0 Å². The number of nitro benzene ring substituents is 1. The van der Waals surface area contributed by atoms with Crippen LogP contribution in [-0.4, -0.2) is 37.4 Å². The van der Waals surface area contributed by atoms with E-state index in [9.17, 15) is 19.7 Å². The Balaban J connectivity index is 1.90. The van der Waals surface area contributed by atoms with E-state index in [1.54, 1.807) is 25.1 Å². The van der Waals surface area contributed by atoms with Crippen molar-refractivity contribution in [1.82, 2.24) is 0 Å². The van der Waals surface area contributed by atoms with Crippen LogP contribution in [0, 0.1) is 10.1 Å². The molecule has 0 radical (unpaired) electrons. The topological polar surface area (TPSA) is 108 Å². The van der Waals surface area contributed by atoms with Gasteiger partial charge in [0.1, 0.15) is 11.4 Å². The van der Waals surface area contributed by atoms with Crippen LogP contribution in [-0.2, 0) is 9.59 Å². The zero-order valence-electron chi connectivity index (χ0n) is 19.3. The van der Waals surface area contributed by atoms with Gasteiger partial charge in [-0.2, -0.15) is 0 Å². The van der Waals surface area contributed by atoms with Crippen LogP contribution < -0.4 is 19.1 Å². The zero-order valence-corrected chi connectivity index (χ0v) is 19.3. The van der Waals surface area contributed by atoms with Gasteiger partial charge in [0.15, 0.2) is 17.3 Å². The van der Waals surface area contributed by atoms with Crippen molar-refractivity contribution in [2.45, 2.75) is 38.5 Å². The van der Waals surface area contributed by atoms with E-state index in [4.69, 9.17) is 14.2 Å². The first-order chi connectivity index (χ1) is 16.4. The SMILES string of the molecule is CCOc1ccc(N2C(=O)CC(c3cccc(OC)c3OC)C3=C2CCCC3=O)c([N+](=O)[O-])c1. The lowest BCUT2D eigenvalue weighted by atomic mass is 9.76. The molecule has 0 bridgehead atoms.